The molecule has 0 unspecified atom stereocenters. The molecule has 19 heavy (non-hydrogen) atoms. The molecule has 1 aliphatic rings. The standard InChI is InChI=1S/C17H17BO/c1-11-9-13-5-8-15(19-2)10-16(13)17(11)12-3-6-14(18)7-4-12/h3-8,10-11,17H,9H2,1-2H3/t11-,17-/m0/s1. The van der Waals surface area contributed by atoms with Gasteiger partial charge in [-0.15, -0.1) is 0 Å². The van der Waals surface area contributed by atoms with Crippen molar-refractivity contribution < 1.29 is 4.74 Å². The predicted octanol–water partition coefficient (Wildman–Crippen LogP) is 2.81. The highest BCUT2D eigenvalue weighted by atomic mass is 16.5. The molecule has 2 radical (unpaired) electrons. The van der Waals surface area contributed by atoms with Gasteiger partial charge in [0.1, 0.15) is 13.6 Å². The van der Waals surface area contributed by atoms with Gasteiger partial charge in [-0.25, -0.2) is 0 Å². The minimum Gasteiger partial charge on any atom is -0.497 e. The average Bonchev–Trinajstić information content (AvgIpc) is 2.75. The Bertz CT molecular complexity index is 589. The van der Waals surface area contributed by atoms with Crippen molar-refractivity contribution in [2.24, 2.45) is 5.92 Å². The summed E-state index contributed by atoms with van der Waals surface area (Å²) in [5, 5.41) is 0. The van der Waals surface area contributed by atoms with Crippen LogP contribution in [0.15, 0.2) is 42.5 Å². The Morgan fingerprint density at radius 3 is 2.53 bits per heavy atom. The molecule has 2 aromatic carbocycles. The minimum absolute atomic E-state index is 0.450. The molecule has 94 valence electrons. The minimum atomic E-state index is 0.450. The summed E-state index contributed by atoms with van der Waals surface area (Å²) in [5.41, 5.74) is 5.00. The first-order valence-corrected chi connectivity index (χ1v) is 6.71. The van der Waals surface area contributed by atoms with Gasteiger partial charge >= 0.3 is 0 Å². The van der Waals surface area contributed by atoms with Crippen molar-refractivity contribution in [3.05, 3.63) is 59.2 Å². The average molecular weight is 248 g/mol. The van der Waals surface area contributed by atoms with Crippen molar-refractivity contribution in [2.75, 3.05) is 7.11 Å². The van der Waals surface area contributed by atoms with E-state index in [0.29, 0.717) is 11.8 Å². The smallest absolute Gasteiger partial charge is 0.119 e. The highest BCUT2D eigenvalue weighted by molar-refractivity contribution is 6.32. The lowest BCUT2D eigenvalue weighted by Gasteiger charge is -2.18. The van der Waals surface area contributed by atoms with Crippen LogP contribution in [-0.2, 0) is 6.42 Å². The van der Waals surface area contributed by atoms with E-state index in [-0.39, 0.29) is 0 Å². The second-order valence-electron chi connectivity index (χ2n) is 5.39. The molecular weight excluding hydrogens is 231 g/mol. The Kier molecular flexibility index (Phi) is 3.10. The normalized spacial score (nSPS) is 21.2. The molecule has 0 saturated heterocycles. The summed E-state index contributed by atoms with van der Waals surface area (Å²) in [7, 11) is 7.50. The summed E-state index contributed by atoms with van der Waals surface area (Å²) in [4.78, 5) is 0. The summed E-state index contributed by atoms with van der Waals surface area (Å²) in [6.45, 7) is 2.31. The molecular formula is C17H17BO. The molecule has 0 bridgehead atoms. The van der Waals surface area contributed by atoms with E-state index in [1.54, 1.807) is 7.11 Å². The van der Waals surface area contributed by atoms with Gasteiger partial charge in [-0.2, -0.15) is 0 Å². The van der Waals surface area contributed by atoms with E-state index in [4.69, 9.17) is 12.6 Å². The maximum Gasteiger partial charge on any atom is 0.119 e. The zero-order valence-electron chi connectivity index (χ0n) is 11.4. The summed E-state index contributed by atoms with van der Waals surface area (Å²) < 4.78 is 5.36. The Hall–Kier alpha value is -1.70. The third kappa shape index (κ3) is 2.16. The molecule has 2 aromatic rings. The number of fused-ring (bicyclic) bond motifs is 1. The lowest BCUT2D eigenvalue weighted by Crippen LogP contribution is -2.08. The van der Waals surface area contributed by atoms with Gasteiger partial charge < -0.3 is 4.74 Å². The van der Waals surface area contributed by atoms with E-state index in [1.807, 2.05) is 12.1 Å². The highest BCUT2D eigenvalue weighted by Gasteiger charge is 2.30. The van der Waals surface area contributed by atoms with Gasteiger partial charge in [-0.1, -0.05) is 42.7 Å². The van der Waals surface area contributed by atoms with Gasteiger partial charge in [0.15, 0.2) is 0 Å². The summed E-state index contributed by atoms with van der Waals surface area (Å²) in [6, 6.07) is 14.7. The summed E-state index contributed by atoms with van der Waals surface area (Å²) in [5.74, 6) is 2.00. The van der Waals surface area contributed by atoms with Gasteiger partial charge in [-0.3, -0.25) is 0 Å². The fraction of sp³-hybridized carbons (Fsp3) is 0.294. The third-order valence-electron chi connectivity index (χ3n) is 4.09. The van der Waals surface area contributed by atoms with Crippen LogP contribution >= 0.6 is 0 Å². The van der Waals surface area contributed by atoms with Crippen LogP contribution in [0.2, 0.25) is 0 Å². The molecule has 0 spiro atoms. The van der Waals surface area contributed by atoms with Crippen molar-refractivity contribution in [1.29, 1.82) is 0 Å². The maximum absolute atomic E-state index is 5.78. The van der Waals surface area contributed by atoms with Crippen LogP contribution in [0.3, 0.4) is 0 Å². The first-order valence-electron chi connectivity index (χ1n) is 6.71. The fourth-order valence-electron chi connectivity index (χ4n) is 3.16. The van der Waals surface area contributed by atoms with Crippen molar-refractivity contribution in [3.8, 4) is 5.75 Å². The zero-order valence-corrected chi connectivity index (χ0v) is 11.4. The first kappa shape index (κ1) is 12.3. The topological polar surface area (TPSA) is 9.23 Å². The Labute approximate surface area is 116 Å². The molecule has 0 N–H and O–H groups in total. The second-order valence-corrected chi connectivity index (χ2v) is 5.39. The Balaban J connectivity index is 2.06. The number of rotatable bonds is 2. The number of ether oxygens (including phenoxy) is 1. The Morgan fingerprint density at radius 1 is 1.11 bits per heavy atom. The molecule has 1 aliphatic carbocycles. The van der Waals surface area contributed by atoms with Crippen molar-refractivity contribution in [2.45, 2.75) is 19.3 Å². The van der Waals surface area contributed by atoms with E-state index in [0.717, 1.165) is 17.6 Å². The lowest BCUT2D eigenvalue weighted by molar-refractivity contribution is 0.414. The van der Waals surface area contributed by atoms with Crippen molar-refractivity contribution >= 4 is 13.3 Å². The van der Waals surface area contributed by atoms with Gasteiger partial charge in [0.2, 0.25) is 0 Å². The maximum atomic E-state index is 5.78. The van der Waals surface area contributed by atoms with E-state index in [2.05, 4.69) is 37.3 Å². The molecule has 2 heteroatoms. The number of methoxy groups -OCH3 is 1. The number of hydrogen-bond donors (Lipinski definition) is 0. The van der Waals surface area contributed by atoms with Gasteiger partial charge in [-0.05, 0) is 41.2 Å². The highest BCUT2D eigenvalue weighted by Crippen LogP contribution is 2.43. The second kappa shape index (κ2) is 4.77. The van der Waals surface area contributed by atoms with Crippen LogP contribution in [0.5, 0.6) is 5.75 Å². The SMILES string of the molecule is [B]c1ccc([C@H]2c3cc(OC)ccc3C[C@@H]2C)cc1. The first-order chi connectivity index (χ1) is 9.19. The summed E-state index contributed by atoms with van der Waals surface area (Å²) in [6.07, 6.45) is 1.13. The molecule has 3 rings (SSSR count). The fourth-order valence-corrected chi connectivity index (χ4v) is 3.16. The van der Waals surface area contributed by atoms with E-state index < -0.39 is 0 Å². The molecule has 0 aromatic heterocycles. The summed E-state index contributed by atoms with van der Waals surface area (Å²) >= 11 is 0. The van der Waals surface area contributed by atoms with Crippen molar-refractivity contribution in [1.82, 2.24) is 0 Å². The molecule has 0 saturated carbocycles. The van der Waals surface area contributed by atoms with Crippen LogP contribution in [0.25, 0.3) is 0 Å². The van der Waals surface area contributed by atoms with Gasteiger partial charge in [0, 0.05) is 5.92 Å². The third-order valence-corrected chi connectivity index (χ3v) is 4.09. The van der Waals surface area contributed by atoms with Crippen LogP contribution in [0.1, 0.15) is 29.5 Å². The molecule has 0 heterocycles. The van der Waals surface area contributed by atoms with Crippen LogP contribution in [-0.4, -0.2) is 15.0 Å². The molecule has 0 amide bonds. The molecule has 0 aliphatic heterocycles. The van der Waals surface area contributed by atoms with E-state index in [1.165, 1.54) is 16.7 Å². The molecule has 0 fully saturated rings. The predicted molar refractivity (Wildman–Crippen MR) is 79.5 cm³/mol. The van der Waals surface area contributed by atoms with Crippen molar-refractivity contribution in [3.63, 3.8) is 0 Å². The Morgan fingerprint density at radius 2 is 1.84 bits per heavy atom. The largest absolute Gasteiger partial charge is 0.497 e. The number of hydrogen-bond acceptors (Lipinski definition) is 1. The monoisotopic (exact) mass is 248 g/mol. The van der Waals surface area contributed by atoms with E-state index in [9.17, 15) is 0 Å². The quantitative estimate of drug-likeness (QED) is 0.742. The van der Waals surface area contributed by atoms with E-state index >= 15 is 0 Å². The molecule has 2 atom stereocenters. The molecule has 1 nitrogen and oxygen atoms in total. The van der Waals surface area contributed by atoms with Crippen LogP contribution in [0, 0.1) is 5.92 Å². The zero-order chi connectivity index (χ0) is 13.4. The van der Waals surface area contributed by atoms with Crippen LogP contribution < -0.4 is 10.2 Å². The van der Waals surface area contributed by atoms with Crippen LogP contribution in [0.4, 0.5) is 0 Å². The van der Waals surface area contributed by atoms with Gasteiger partial charge in [0.25, 0.3) is 0 Å². The van der Waals surface area contributed by atoms with Gasteiger partial charge in [0.05, 0.1) is 7.11 Å². The lowest BCUT2D eigenvalue weighted by atomic mass is 9.85. The number of benzene rings is 2.